The quantitative estimate of drug-likeness (QED) is 0.725. The van der Waals surface area contributed by atoms with Gasteiger partial charge in [0.05, 0.1) is 12.5 Å². The van der Waals surface area contributed by atoms with E-state index in [-0.39, 0.29) is 11.6 Å². The molecule has 4 heteroatoms. The lowest BCUT2D eigenvalue weighted by Gasteiger charge is -1.98. The van der Waals surface area contributed by atoms with Gasteiger partial charge >= 0.3 is 0 Å². The predicted octanol–water partition coefficient (Wildman–Crippen LogP) is 3.76. The smallest absolute Gasteiger partial charge is 0.177 e. The molecule has 70 valence electrons. The van der Waals surface area contributed by atoms with E-state index in [9.17, 15) is 4.39 Å². The maximum atomic E-state index is 13.0. The average molecular weight is 226 g/mol. The number of thiophene rings is 1. The van der Waals surface area contributed by atoms with Crippen LogP contribution in [0.4, 0.5) is 4.39 Å². The van der Waals surface area contributed by atoms with Crippen LogP contribution in [0.15, 0.2) is 18.2 Å². The van der Waals surface area contributed by atoms with Crippen LogP contribution in [0.25, 0.3) is 10.1 Å². The molecule has 0 fully saturated rings. The van der Waals surface area contributed by atoms with Gasteiger partial charge in [-0.3, -0.25) is 0 Å². The third kappa shape index (κ3) is 1.59. The molecule has 0 saturated carbocycles. The van der Waals surface area contributed by atoms with Crippen LogP contribution in [-0.4, -0.2) is 0 Å². The van der Waals surface area contributed by atoms with Gasteiger partial charge in [-0.05, 0) is 29.1 Å². The SMILES string of the molecule is N#CCc1cc(Cl)cc2sc(F)cc12. The highest BCUT2D eigenvalue weighted by Gasteiger charge is 2.07. The highest BCUT2D eigenvalue weighted by molar-refractivity contribution is 7.17. The second-order valence-electron chi connectivity index (χ2n) is 2.86. The Bertz CT molecular complexity index is 527. The van der Waals surface area contributed by atoms with Crippen molar-refractivity contribution < 1.29 is 4.39 Å². The Morgan fingerprint density at radius 2 is 2.21 bits per heavy atom. The molecular formula is C10H5ClFNS. The van der Waals surface area contributed by atoms with Crippen molar-refractivity contribution in [3.05, 3.63) is 33.9 Å². The molecule has 0 aliphatic heterocycles. The summed E-state index contributed by atoms with van der Waals surface area (Å²) in [6.07, 6.45) is 0.257. The molecular weight excluding hydrogens is 221 g/mol. The Kier molecular flexibility index (Phi) is 2.40. The summed E-state index contributed by atoms with van der Waals surface area (Å²) >= 11 is 6.89. The van der Waals surface area contributed by atoms with E-state index < -0.39 is 0 Å². The Morgan fingerprint density at radius 1 is 1.43 bits per heavy atom. The van der Waals surface area contributed by atoms with Crippen molar-refractivity contribution in [2.24, 2.45) is 0 Å². The molecule has 2 aromatic rings. The molecule has 1 heterocycles. The van der Waals surface area contributed by atoms with Gasteiger partial charge in [0, 0.05) is 9.72 Å². The topological polar surface area (TPSA) is 23.8 Å². The summed E-state index contributed by atoms with van der Waals surface area (Å²) in [5.74, 6) is 0. The minimum atomic E-state index is -0.249. The summed E-state index contributed by atoms with van der Waals surface area (Å²) in [7, 11) is 0. The van der Waals surface area contributed by atoms with E-state index in [1.807, 2.05) is 6.07 Å². The molecule has 0 amide bonds. The number of benzene rings is 1. The van der Waals surface area contributed by atoms with Gasteiger partial charge in [0.2, 0.25) is 0 Å². The van der Waals surface area contributed by atoms with Gasteiger partial charge in [0.25, 0.3) is 0 Å². The van der Waals surface area contributed by atoms with E-state index in [2.05, 4.69) is 0 Å². The molecule has 14 heavy (non-hydrogen) atoms. The summed E-state index contributed by atoms with van der Waals surface area (Å²) in [6, 6.07) is 6.90. The van der Waals surface area contributed by atoms with Crippen LogP contribution in [0.2, 0.25) is 5.02 Å². The van der Waals surface area contributed by atoms with Gasteiger partial charge < -0.3 is 0 Å². The van der Waals surface area contributed by atoms with Crippen molar-refractivity contribution in [3.8, 4) is 6.07 Å². The summed E-state index contributed by atoms with van der Waals surface area (Å²) in [5.41, 5.74) is 0.787. The monoisotopic (exact) mass is 225 g/mol. The second kappa shape index (κ2) is 3.56. The van der Waals surface area contributed by atoms with E-state index in [0.717, 1.165) is 27.0 Å². The van der Waals surface area contributed by atoms with Gasteiger partial charge in [0.15, 0.2) is 5.13 Å². The Morgan fingerprint density at radius 3 is 2.93 bits per heavy atom. The van der Waals surface area contributed by atoms with E-state index >= 15 is 0 Å². The number of rotatable bonds is 1. The van der Waals surface area contributed by atoms with Crippen molar-refractivity contribution in [1.29, 1.82) is 5.26 Å². The fourth-order valence-corrected chi connectivity index (χ4v) is 2.55. The van der Waals surface area contributed by atoms with Crippen LogP contribution in [0.1, 0.15) is 5.56 Å². The zero-order valence-corrected chi connectivity index (χ0v) is 8.62. The maximum Gasteiger partial charge on any atom is 0.177 e. The minimum absolute atomic E-state index is 0.249. The Hall–Kier alpha value is -1.11. The van der Waals surface area contributed by atoms with Crippen LogP contribution >= 0.6 is 22.9 Å². The van der Waals surface area contributed by atoms with Crippen molar-refractivity contribution in [2.75, 3.05) is 0 Å². The van der Waals surface area contributed by atoms with E-state index in [1.165, 1.54) is 6.07 Å². The zero-order chi connectivity index (χ0) is 10.1. The molecule has 0 radical (unpaired) electrons. The molecule has 0 spiro atoms. The molecule has 0 atom stereocenters. The van der Waals surface area contributed by atoms with E-state index in [1.54, 1.807) is 12.1 Å². The first-order chi connectivity index (χ1) is 6.70. The molecule has 0 saturated heterocycles. The molecule has 1 aromatic carbocycles. The molecule has 2 rings (SSSR count). The van der Waals surface area contributed by atoms with Gasteiger partial charge in [-0.25, -0.2) is 0 Å². The maximum absolute atomic E-state index is 13.0. The molecule has 0 aliphatic rings. The lowest BCUT2D eigenvalue weighted by molar-refractivity contribution is 0.658. The molecule has 0 aliphatic carbocycles. The van der Waals surface area contributed by atoms with Crippen LogP contribution in [0, 0.1) is 16.5 Å². The van der Waals surface area contributed by atoms with Gasteiger partial charge in [-0.2, -0.15) is 9.65 Å². The van der Waals surface area contributed by atoms with Gasteiger partial charge in [-0.15, -0.1) is 11.3 Å². The lowest BCUT2D eigenvalue weighted by atomic mass is 10.1. The van der Waals surface area contributed by atoms with Crippen LogP contribution in [0.3, 0.4) is 0 Å². The number of nitriles is 1. The minimum Gasteiger partial charge on any atom is -0.198 e. The first kappa shape index (κ1) is 9.45. The predicted molar refractivity (Wildman–Crippen MR) is 56.1 cm³/mol. The summed E-state index contributed by atoms with van der Waals surface area (Å²) in [4.78, 5) is 0. The summed E-state index contributed by atoms with van der Waals surface area (Å²) in [6.45, 7) is 0. The van der Waals surface area contributed by atoms with E-state index in [0.29, 0.717) is 5.02 Å². The highest BCUT2D eigenvalue weighted by Crippen LogP contribution is 2.30. The number of fused-ring (bicyclic) bond motifs is 1. The average Bonchev–Trinajstić information content (AvgIpc) is 2.45. The molecule has 1 aromatic heterocycles. The summed E-state index contributed by atoms with van der Waals surface area (Å²) in [5, 5.41) is 9.68. The first-order valence-corrected chi connectivity index (χ1v) is 5.14. The first-order valence-electron chi connectivity index (χ1n) is 3.95. The highest BCUT2D eigenvalue weighted by atomic mass is 35.5. The molecule has 0 bridgehead atoms. The number of halogens is 2. The molecule has 0 unspecified atom stereocenters. The number of hydrogen-bond donors (Lipinski definition) is 0. The molecule has 0 N–H and O–H groups in total. The standard InChI is InChI=1S/C10H5ClFNS/c11-7-3-6(1-2-13)8-5-10(12)14-9(8)4-7/h3-5H,1H2. The van der Waals surface area contributed by atoms with E-state index in [4.69, 9.17) is 16.9 Å². The third-order valence-corrected chi connectivity index (χ3v) is 3.02. The zero-order valence-electron chi connectivity index (χ0n) is 7.05. The van der Waals surface area contributed by atoms with Crippen molar-refractivity contribution in [1.82, 2.24) is 0 Å². The molecule has 1 nitrogen and oxygen atoms in total. The lowest BCUT2D eigenvalue weighted by Crippen LogP contribution is -1.81. The van der Waals surface area contributed by atoms with Crippen LogP contribution < -0.4 is 0 Å². The second-order valence-corrected chi connectivity index (χ2v) is 4.33. The van der Waals surface area contributed by atoms with Gasteiger partial charge in [-0.1, -0.05) is 11.6 Å². The largest absolute Gasteiger partial charge is 0.198 e. The van der Waals surface area contributed by atoms with Crippen molar-refractivity contribution in [3.63, 3.8) is 0 Å². The summed E-state index contributed by atoms with van der Waals surface area (Å²) < 4.78 is 13.8. The number of nitrogens with zero attached hydrogens (tertiary/aromatic N) is 1. The van der Waals surface area contributed by atoms with Crippen molar-refractivity contribution in [2.45, 2.75) is 6.42 Å². The number of hydrogen-bond acceptors (Lipinski definition) is 2. The Balaban J connectivity index is 2.74. The van der Waals surface area contributed by atoms with Crippen LogP contribution in [-0.2, 0) is 6.42 Å². The normalized spacial score (nSPS) is 10.4. The fraction of sp³-hybridized carbons (Fsp3) is 0.100. The fourth-order valence-electron chi connectivity index (χ4n) is 1.37. The van der Waals surface area contributed by atoms with Crippen molar-refractivity contribution >= 4 is 33.0 Å². The van der Waals surface area contributed by atoms with Crippen LogP contribution in [0.5, 0.6) is 0 Å². The van der Waals surface area contributed by atoms with Gasteiger partial charge in [0.1, 0.15) is 0 Å². The Labute approximate surface area is 89.3 Å². The third-order valence-electron chi connectivity index (χ3n) is 1.93.